The number of carbonyl (C=O) groups is 2. The molecule has 0 saturated carbocycles. The smallest absolute Gasteiger partial charge is 0.295 e. The fourth-order valence-electron chi connectivity index (χ4n) is 4.61. The van der Waals surface area contributed by atoms with Gasteiger partial charge in [0.2, 0.25) is 0 Å². The van der Waals surface area contributed by atoms with Crippen LogP contribution in [0, 0.1) is 24.0 Å². The summed E-state index contributed by atoms with van der Waals surface area (Å²) in [4.78, 5) is 38.7. The van der Waals surface area contributed by atoms with E-state index in [4.69, 9.17) is 0 Å². The number of amides is 1. The number of Topliss-reactive ketones (excluding diaryl/α,β-unsaturated/α-hetero) is 1. The summed E-state index contributed by atoms with van der Waals surface area (Å²) >= 11 is 0. The highest BCUT2D eigenvalue weighted by molar-refractivity contribution is 6.46. The molecule has 1 aliphatic rings. The van der Waals surface area contributed by atoms with Crippen LogP contribution in [-0.4, -0.2) is 26.6 Å². The van der Waals surface area contributed by atoms with Crippen molar-refractivity contribution in [3.05, 3.63) is 116 Å². The predicted octanol–water partition coefficient (Wildman–Crippen LogP) is 6.13. The molecule has 7 heteroatoms. The summed E-state index contributed by atoms with van der Waals surface area (Å²) in [5, 5.41) is 22.3. The molecule has 3 aromatic carbocycles. The number of nitro groups is 1. The number of aliphatic hydroxyl groups excluding tert-OH is 1. The van der Waals surface area contributed by atoms with Crippen LogP contribution in [0.2, 0.25) is 0 Å². The third-order valence-corrected chi connectivity index (χ3v) is 6.83. The van der Waals surface area contributed by atoms with Crippen LogP contribution in [0.15, 0.2) is 72.3 Å². The van der Waals surface area contributed by atoms with Gasteiger partial charge in [-0.2, -0.15) is 0 Å². The monoisotopic (exact) mass is 498 g/mol. The number of hydrogen-bond donors (Lipinski definition) is 1. The third-order valence-electron chi connectivity index (χ3n) is 6.83. The Morgan fingerprint density at radius 1 is 0.973 bits per heavy atom. The number of hydrogen-bond acceptors (Lipinski definition) is 5. The number of likely N-dealkylation sites (tertiary alicyclic amines) is 1. The van der Waals surface area contributed by atoms with Gasteiger partial charge in [0.1, 0.15) is 5.76 Å². The van der Waals surface area contributed by atoms with Crippen LogP contribution in [0.25, 0.3) is 5.76 Å². The molecular formula is C30H30N2O5. The molecule has 1 amide bonds. The number of carbonyl (C=O) groups excluding carboxylic acids is 2. The standard InChI is InChI=1S/C30H30N2O5/c1-18-6-7-19(2)22(16-18)17-31-26(20-8-12-23(13-9-20)30(3,4)5)25(28(34)29(31)35)27(33)21-10-14-24(15-11-21)32(36)37/h6-16,26,33H,17H2,1-5H3/b27-25-. The summed E-state index contributed by atoms with van der Waals surface area (Å²) in [5.41, 5.74) is 4.70. The van der Waals surface area contributed by atoms with Crippen LogP contribution < -0.4 is 0 Å². The number of ketones is 1. The van der Waals surface area contributed by atoms with Crippen molar-refractivity contribution >= 4 is 23.1 Å². The highest BCUT2D eigenvalue weighted by Crippen LogP contribution is 2.41. The van der Waals surface area contributed by atoms with Gasteiger partial charge in [0.05, 0.1) is 16.5 Å². The Balaban J connectivity index is 1.87. The number of aryl methyl sites for hydroxylation is 2. The number of aliphatic hydroxyl groups is 1. The lowest BCUT2D eigenvalue weighted by Gasteiger charge is -2.27. The summed E-state index contributed by atoms with van der Waals surface area (Å²) in [6.07, 6.45) is 0. The van der Waals surface area contributed by atoms with Crippen LogP contribution >= 0.6 is 0 Å². The maximum absolute atomic E-state index is 13.3. The maximum Gasteiger partial charge on any atom is 0.295 e. The van der Waals surface area contributed by atoms with Crippen molar-refractivity contribution in [2.75, 3.05) is 0 Å². The summed E-state index contributed by atoms with van der Waals surface area (Å²) in [6, 6.07) is 18.1. The lowest BCUT2D eigenvalue weighted by molar-refractivity contribution is -0.384. The molecule has 1 aliphatic heterocycles. The minimum Gasteiger partial charge on any atom is -0.507 e. The molecule has 1 fully saturated rings. The fraction of sp³-hybridized carbons (Fsp3) is 0.267. The zero-order chi connectivity index (χ0) is 27.1. The van der Waals surface area contributed by atoms with Crippen LogP contribution in [0.5, 0.6) is 0 Å². The molecule has 0 bridgehead atoms. The quantitative estimate of drug-likeness (QED) is 0.150. The summed E-state index contributed by atoms with van der Waals surface area (Å²) in [5.74, 6) is -1.85. The number of rotatable bonds is 5. The van der Waals surface area contributed by atoms with E-state index in [1.54, 1.807) is 0 Å². The Kier molecular flexibility index (Phi) is 6.74. The van der Waals surface area contributed by atoms with Crippen LogP contribution in [0.3, 0.4) is 0 Å². The van der Waals surface area contributed by atoms with E-state index in [0.717, 1.165) is 22.3 Å². The lowest BCUT2D eigenvalue weighted by Crippen LogP contribution is -2.29. The SMILES string of the molecule is Cc1ccc(C)c(CN2C(=O)C(=O)/C(=C(\O)c3ccc([N+](=O)[O-])cc3)C2c2ccc(C(C)(C)C)cc2)c1. The van der Waals surface area contributed by atoms with Crippen molar-refractivity contribution in [1.29, 1.82) is 0 Å². The van der Waals surface area contributed by atoms with Crippen LogP contribution in [-0.2, 0) is 21.5 Å². The van der Waals surface area contributed by atoms with Gasteiger partial charge in [0.15, 0.2) is 0 Å². The Morgan fingerprint density at radius 2 is 1.59 bits per heavy atom. The number of benzene rings is 3. The van der Waals surface area contributed by atoms with E-state index >= 15 is 0 Å². The van der Waals surface area contributed by atoms with E-state index in [2.05, 4.69) is 20.8 Å². The van der Waals surface area contributed by atoms with Crippen molar-refractivity contribution in [3.63, 3.8) is 0 Å². The summed E-state index contributed by atoms with van der Waals surface area (Å²) in [6.45, 7) is 10.4. The first-order valence-electron chi connectivity index (χ1n) is 12.1. The fourth-order valence-corrected chi connectivity index (χ4v) is 4.61. The predicted molar refractivity (Wildman–Crippen MR) is 142 cm³/mol. The molecule has 4 rings (SSSR count). The van der Waals surface area contributed by atoms with Gasteiger partial charge in [0, 0.05) is 24.2 Å². The highest BCUT2D eigenvalue weighted by atomic mass is 16.6. The second kappa shape index (κ2) is 9.65. The number of non-ortho nitro benzene ring substituents is 1. The molecule has 37 heavy (non-hydrogen) atoms. The average molecular weight is 499 g/mol. The topological polar surface area (TPSA) is 101 Å². The molecule has 1 heterocycles. The maximum atomic E-state index is 13.3. The summed E-state index contributed by atoms with van der Waals surface area (Å²) in [7, 11) is 0. The molecule has 0 radical (unpaired) electrons. The van der Waals surface area contributed by atoms with E-state index in [1.807, 2.05) is 56.3 Å². The zero-order valence-corrected chi connectivity index (χ0v) is 21.6. The average Bonchev–Trinajstić information content (AvgIpc) is 3.10. The van der Waals surface area contributed by atoms with Gasteiger partial charge in [0.25, 0.3) is 17.4 Å². The second-order valence-electron chi connectivity index (χ2n) is 10.5. The molecular weight excluding hydrogens is 468 g/mol. The van der Waals surface area contributed by atoms with Gasteiger partial charge >= 0.3 is 0 Å². The molecule has 7 nitrogen and oxygen atoms in total. The van der Waals surface area contributed by atoms with Crippen molar-refractivity contribution in [3.8, 4) is 0 Å². The largest absolute Gasteiger partial charge is 0.507 e. The van der Waals surface area contributed by atoms with Gasteiger partial charge in [-0.25, -0.2) is 0 Å². The van der Waals surface area contributed by atoms with Crippen molar-refractivity contribution in [1.82, 2.24) is 4.90 Å². The van der Waals surface area contributed by atoms with Gasteiger partial charge in [-0.15, -0.1) is 0 Å². The van der Waals surface area contributed by atoms with Crippen LogP contribution in [0.4, 0.5) is 5.69 Å². The molecule has 1 N–H and O–H groups in total. The molecule has 190 valence electrons. The van der Waals surface area contributed by atoms with E-state index in [0.29, 0.717) is 5.56 Å². The molecule has 1 atom stereocenters. The lowest BCUT2D eigenvalue weighted by atomic mass is 9.85. The molecule has 0 aromatic heterocycles. The Bertz CT molecular complexity index is 1410. The Hall–Kier alpha value is -4.26. The van der Waals surface area contributed by atoms with E-state index in [9.17, 15) is 24.8 Å². The first kappa shape index (κ1) is 25.8. The molecule has 0 aliphatic carbocycles. The minimum absolute atomic E-state index is 0.0346. The Labute approximate surface area is 216 Å². The van der Waals surface area contributed by atoms with Crippen LogP contribution in [0.1, 0.15) is 60.2 Å². The number of nitro benzene ring substituents is 1. The zero-order valence-electron chi connectivity index (χ0n) is 21.6. The van der Waals surface area contributed by atoms with Crippen molar-refractivity contribution in [2.24, 2.45) is 0 Å². The van der Waals surface area contributed by atoms with E-state index < -0.39 is 22.7 Å². The highest BCUT2D eigenvalue weighted by Gasteiger charge is 2.46. The second-order valence-corrected chi connectivity index (χ2v) is 10.5. The first-order chi connectivity index (χ1) is 17.4. The summed E-state index contributed by atoms with van der Waals surface area (Å²) < 4.78 is 0. The van der Waals surface area contributed by atoms with E-state index in [-0.39, 0.29) is 34.5 Å². The molecule has 3 aromatic rings. The van der Waals surface area contributed by atoms with Gasteiger partial charge in [-0.1, -0.05) is 68.8 Å². The van der Waals surface area contributed by atoms with Gasteiger partial charge < -0.3 is 10.0 Å². The van der Waals surface area contributed by atoms with Crippen molar-refractivity contribution in [2.45, 2.75) is 52.6 Å². The van der Waals surface area contributed by atoms with E-state index in [1.165, 1.54) is 29.2 Å². The minimum atomic E-state index is -0.816. The molecule has 1 unspecified atom stereocenters. The Morgan fingerprint density at radius 3 is 2.16 bits per heavy atom. The van der Waals surface area contributed by atoms with Crippen molar-refractivity contribution < 1.29 is 19.6 Å². The van der Waals surface area contributed by atoms with Gasteiger partial charge in [-0.05, 0) is 53.6 Å². The molecule has 1 saturated heterocycles. The molecule has 0 spiro atoms. The normalized spacial score (nSPS) is 17.3. The number of nitrogens with zero attached hydrogens (tertiary/aromatic N) is 2. The van der Waals surface area contributed by atoms with Gasteiger partial charge in [-0.3, -0.25) is 19.7 Å². The first-order valence-corrected chi connectivity index (χ1v) is 12.1. The third kappa shape index (κ3) is 5.03.